The number of hydrogen-bond acceptors (Lipinski definition) is 3. The fraction of sp³-hybridized carbons (Fsp3) is 0.455. The van der Waals surface area contributed by atoms with E-state index in [1.165, 1.54) is 6.42 Å². The van der Waals surface area contributed by atoms with Crippen LogP contribution in [0.1, 0.15) is 63.6 Å². The quantitative estimate of drug-likeness (QED) is 0.243. The first-order chi connectivity index (χ1) is 19.9. The van der Waals surface area contributed by atoms with E-state index in [9.17, 15) is 9.59 Å². The molecule has 3 amide bonds. The van der Waals surface area contributed by atoms with E-state index >= 15 is 0 Å². The summed E-state index contributed by atoms with van der Waals surface area (Å²) in [7, 11) is 1.58. The molecule has 1 fully saturated rings. The van der Waals surface area contributed by atoms with Crippen LogP contribution in [0.4, 0.5) is 10.5 Å². The highest BCUT2D eigenvalue weighted by Gasteiger charge is 2.29. The number of ether oxygens (including phenoxy) is 1. The number of nitrogens with one attached hydrogen (secondary N) is 1. The number of para-hydroxylation sites is 2. The number of methoxy groups -OCH3 is 1. The second kappa shape index (κ2) is 15.0. The minimum atomic E-state index is -0.297. The molecule has 2 aromatic carbocycles. The third kappa shape index (κ3) is 8.52. The van der Waals surface area contributed by atoms with Crippen molar-refractivity contribution in [3.05, 3.63) is 83.1 Å². The fourth-order valence-corrected chi connectivity index (χ4v) is 5.60. The summed E-state index contributed by atoms with van der Waals surface area (Å²) in [4.78, 5) is 31.2. The van der Waals surface area contributed by atoms with Gasteiger partial charge in [-0.1, -0.05) is 75.0 Å². The molecule has 0 saturated heterocycles. The van der Waals surface area contributed by atoms with Gasteiger partial charge < -0.3 is 24.4 Å². The summed E-state index contributed by atoms with van der Waals surface area (Å²) in [5.41, 5.74) is 2.68. The van der Waals surface area contributed by atoms with Gasteiger partial charge in [0, 0.05) is 36.0 Å². The van der Waals surface area contributed by atoms with Gasteiger partial charge in [-0.25, -0.2) is 4.79 Å². The molecule has 1 heterocycles. The summed E-state index contributed by atoms with van der Waals surface area (Å²) < 4.78 is 7.59. The van der Waals surface area contributed by atoms with Gasteiger partial charge in [-0.05, 0) is 61.1 Å². The highest BCUT2D eigenvalue weighted by molar-refractivity contribution is 6.31. The largest absolute Gasteiger partial charge is 0.495 e. The van der Waals surface area contributed by atoms with Crippen molar-refractivity contribution in [2.75, 3.05) is 25.5 Å². The molecule has 0 atom stereocenters. The third-order valence-corrected chi connectivity index (χ3v) is 8.20. The first-order valence-electron chi connectivity index (χ1n) is 14.7. The number of carbonyl (C=O) groups excluding carboxylic acids is 2. The number of urea groups is 1. The third-order valence-electron chi connectivity index (χ3n) is 7.83. The number of benzene rings is 2. The van der Waals surface area contributed by atoms with Crippen molar-refractivity contribution in [1.82, 2.24) is 14.4 Å². The average Bonchev–Trinajstić information content (AvgIpc) is 3.42. The fourth-order valence-electron chi connectivity index (χ4n) is 5.41. The first-order valence-corrected chi connectivity index (χ1v) is 15.1. The molecule has 0 radical (unpaired) electrons. The topological polar surface area (TPSA) is 66.8 Å². The molecule has 8 heteroatoms. The maximum atomic E-state index is 14.1. The van der Waals surface area contributed by atoms with E-state index in [-0.39, 0.29) is 24.5 Å². The number of amides is 3. The molecular weight excluding hydrogens is 536 g/mol. The Hall–Kier alpha value is -3.45. The van der Waals surface area contributed by atoms with E-state index < -0.39 is 0 Å². The lowest BCUT2D eigenvalue weighted by Gasteiger charge is -2.36. The molecule has 4 rings (SSSR count). The number of hydrogen-bond donors (Lipinski definition) is 1. The van der Waals surface area contributed by atoms with Crippen LogP contribution in [0.15, 0.2) is 66.9 Å². The number of aromatic nitrogens is 1. The Balaban J connectivity index is 1.54. The van der Waals surface area contributed by atoms with Crippen LogP contribution in [-0.2, 0) is 17.9 Å². The molecule has 1 aliphatic carbocycles. The van der Waals surface area contributed by atoms with Crippen LogP contribution in [-0.4, -0.2) is 52.5 Å². The molecule has 1 aromatic heterocycles. The normalized spacial score (nSPS) is 13.7. The monoisotopic (exact) mass is 578 g/mol. The van der Waals surface area contributed by atoms with Gasteiger partial charge in [-0.2, -0.15) is 0 Å². The van der Waals surface area contributed by atoms with Gasteiger partial charge in [-0.3, -0.25) is 4.79 Å². The molecule has 0 bridgehead atoms. The molecule has 0 aliphatic heterocycles. The number of halogens is 1. The highest BCUT2D eigenvalue weighted by Crippen LogP contribution is 2.27. The van der Waals surface area contributed by atoms with Crippen LogP contribution >= 0.6 is 11.6 Å². The maximum absolute atomic E-state index is 14.1. The van der Waals surface area contributed by atoms with Crippen LogP contribution in [0.2, 0.25) is 5.02 Å². The van der Waals surface area contributed by atoms with E-state index in [0.29, 0.717) is 37.0 Å². The van der Waals surface area contributed by atoms with E-state index in [4.69, 9.17) is 16.3 Å². The maximum Gasteiger partial charge on any atom is 0.322 e. The van der Waals surface area contributed by atoms with Crippen LogP contribution in [0.5, 0.6) is 5.75 Å². The molecule has 1 N–H and O–H groups in total. The Morgan fingerprint density at radius 2 is 1.76 bits per heavy atom. The molecule has 41 heavy (non-hydrogen) atoms. The van der Waals surface area contributed by atoms with Gasteiger partial charge in [0.15, 0.2) is 0 Å². The summed E-state index contributed by atoms with van der Waals surface area (Å²) in [6, 6.07) is 19.1. The molecule has 0 unspecified atom stereocenters. The highest BCUT2D eigenvalue weighted by atomic mass is 35.5. The van der Waals surface area contributed by atoms with Crippen molar-refractivity contribution in [3.8, 4) is 5.75 Å². The average molecular weight is 579 g/mol. The van der Waals surface area contributed by atoms with E-state index in [1.54, 1.807) is 18.1 Å². The van der Waals surface area contributed by atoms with Gasteiger partial charge in [-0.15, -0.1) is 0 Å². The Kier molecular flexibility index (Phi) is 11.1. The lowest BCUT2D eigenvalue weighted by molar-refractivity contribution is -0.135. The summed E-state index contributed by atoms with van der Waals surface area (Å²) in [5.74, 6) is 0.953. The lowest BCUT2D eigenvalue weighted by atomic mass is 9.94. The van der Waals surface area contributed by atoms with Crippen LogP contribution in [0, 0.1) is 5.92 Å². The summed E-state index contributed by atoms with van der Waals surface area (Å²) in [6.07, 6.45) is 8.23. The SMILES string of the molecule is COc1ccccc1NC(=O)N(CCC(C)C)CC(=O)N(Cc1cccn1Cc1ccccc1Cl)C1CCCCC1. The van der Waals surface area contributed by atoms with Gasteiger partial charge in [0.2, 0.25) is 5.91 Å². The minimum Gasteiger partial charge on any atom is -0.495 e. The molecule has 3 aromatic rings. The minimum absolute atomic E-state index is 0.0232. The van der Waals surface area contributed by atoms with Crippen molar-refractivity contribution in [2.24, 2.45) is 5.92 Å². The first kappa shape index (κ1) is 30.5. The second-order valence-corrected chi connectivity index (χ2v) is 11.7. The van der Waals surface area contributed by atoms with Crippen molar-refractivity contribution in [1.29, 1.82) is 0 Å². The molecular formula is C33H43ClN4O3. The molecule has 1 saturated carbocycles. The number of carbonyl (C=O) groups is 2. The van der Waals surface area contributed by atoms with E-state index in [2.05, 4.69) is 29.8 Å². The van der Waals surface area contributed by atoms with Crippen molar-refractivity contribution >= 4 is 29.2 Å². The summed E-state index contributed by atoms with van der Waals surface area (Å²) >= 11 is 6.46. The van der Waals surface area contributed by atoms with E-state index in [0.717, 1.165) is 48.4 Å². The van der Waals surface area contributed by atoms with Crippen molar-refractivity contribution in [3.63, 3.8) is 0 Å². The molecule has 0 spiro atoms. The smallest absolute Gasteiger partial charge is 0.322 e. The van der Waals surface area contributed by atoms with E-state index in [1.807, 2.05) is 59.6 Å². The van der Waals surface area contributed by atoms with Crippen molar-refractivity contribution in [2.45, 2.75) is 71.5 Å². The van der Waals surface area contributed by atoms with Gasteiger partial charge in [0.1, 0.15) is 12.3 Å². The standard InChI is InChI=1S/C33H43ClN4O3/c1-25(2)19-21-37(33(40)35-30-17-9-10-18-31(30)41-3)24-32(39)38(27-13-5-4-6-14-27)23-28-15-11-20-36(28)22-26-12-7-8-16-29(26)34/h7-12,15-18,20,25,27H,4-6,13-14,19,21-24H2,1-3H3,(H,35,40). The second-order valence-electron chi connectivity index (χ2n) is 11.3. The number of rotatable bonds is 12. The van der Waals surface area contributed by atoms with Crippen LogP contribution in [0.25, 0.3) is 0 Å². The van der Waals surface area contributed by atoms with Gasteiger partial charge in [0.25, 0.3) is 0 Å². The van der Waals surface area contributed by atoms with Gasteiger partial charge >= 0.3 is 6.03 Å². The zero-order chi connectivity index (χ0) is 29.2. The predicted octanol–water partition coefficient (Wildman–Crippen LogP) is 7.44. The number of nitrogens with zero attached hydrogens (tertiary/aromatic N) is 3. The van der Waals surface area contributed by atoms with Gasteiger partial charge in [0.05, 0.1) is 19.3 Å². The zero-order valence-corrected chi connectivity index (χ0v) is 25.3. The Labute approximate surface area is 249 Å². The molecule has 1 aliphatic rings. The summed E-state index contributed by atoms with van der Waals surface area (Å²) in [6.45, 7) is 5.89. The van der Waals surface area contributed by atoms with Crippen LogP contribution < -0.4 is 10.1 Å². The predicted molar refractivity (Wildman–Crippen MR) is 165 cm³/mol. The summed E-state index contributed by atoms with van der Waals surface area (Å²) in [5, 5.41) is 3.70. The Morgan fingerprint density at radius 3 is 2.49 bits per heavy atom. The Morgan fingerprint density at radius 1 is 1.02 bits per heavy atom. The van der Waals surface area contributed by atoms with Crippen LogP contribution in [0.3, 0.4) is 0 Å². The Bertz CT molecular complexity index is 1280. The molecule has 220 valence electrons. The zero-order valence-electron chi connectivity index (χ0n) is 24.5. The molecule has 7 nitrogen and oxygen atoms in total. The van der Waals surface area contributed by atoms with Crippen molar-refractivity contribution < 1.29 is 14.3 Å². The lowest BCUT2D eigenvalue weighted by Crippen LogP contribution is -2.48. The number of anilines is 1.